The highest BCUT2D eigenvalue weighted by atomic mass is 32.1. The molecule has 21 heavy (non-hydrogen) atoms. The molecule has 2 rings (SSSR count). The highest BCUT2D eigenvalue weighted by molar-refractivity contribution is 7.71. The van der Waals surface area contributed by atoms with Crippen molar-refractivity contribution in [1.82, 2.24) is 14.9 Å². The number of benzene rings is 1. The smallest absolute Gasteiger partial charge is 0.387 e. The van der Waals surface area contributed by atoms with Crippen LogP contribution in [-0.2, 0) is 0 Å². The Balaban J connectivity index is 2.18. The molecule has 1 N–H and O–H groups in total. The minimum absolute atomic E-state index is 0.0182. The highest BCUT2D eigenvalue weighted by Gasteiger charge is 2.15. The van der Waals surface area contributed by atoms with Gasteiger partial charge in [-0.15, -0.1) is 0 Å². The largest absolute Gasteiger partial charge is 0.435 e. The second kappa shape index (κ2) is 6.48. The average Bonchev–Trinajstić information content (AvgIpc) is 2.79. The van der Waals surface area contributed by atoms with E-state index in [4.69, 9.17) is 12.2 Å². The van der Waals surface area contributed by atoms with Gasteiger partial charge in [-0.1, -0.05) is 0 Å². The Morgan fingerprint density at radius 1 is 1.24 bits per heavy atom. The van der Waals surface area contributed by atoms with Gasteiger partial charge in [0.25, 0.3) is 6.43 Å². The third-order valence-corrected chi connectivity index (χ3v) is 2.56. The quantitative estimate of drug-likeness (QED) is 0.522. The molecule has 1 aromatic carbocycles. The van der Waals surface area contributed by atoms with E-state index in [0.717, 1.165) is 4.68 Å². The molecular weight excluding hydrogens is 312 g/mol. The van der Waals surface area contributed by atoms with Gasteiger partial charge in [-0.2, -0.15) is 23.7 Å². The lowest BCUT2D eigenvalue weighted by Gasteiger charge is -2.03. The predicted octanol–water partition coefficient (Wildman–Crippen LogP) is 3.36. The lowest BCUT2D eigenvalue weighted by Crippen LogP contribution is -2.02. The van der Waals surface area contributed by atoms with E-state index in [1.165, 1.54) is 30.5 Å². The molecule has 0 spiro atoms. The zero-order valence-electron chi connectivity index (χ0n) is 10.2. The molecule has 0 aliphatic carbocycles. The molecule has 0 atom stereocenters. The first-order chi connectivity index (χ1) is 9.97. The summed E-state index contributed by atoms with van der Waals surface area (Å²) < 4.78 is 54.1. The third-order valence-electron chi connectivity index (χ3n) is 2.30. The monoisotopic (exact) mass is 320 g/mol. The van der Waals surface area contributed by atoms with Crippen LogP contribution in [0.1, 0.15) is 17.8 Å². The predicted molar refractivity (Wildman–Crippen MR) is 68.4 cm³/mol. The van der Waals surface area contributed by atoms with Gasteiger partial charge in [0.05, 0.1) is 6.21 Å². The number of hydrogen-bond acceptors (Lipinski definition) is 4. The van der Waals surface area contributed by atoms with Crippen molar-refractivity contribution in [3.8, 4) is 5.75 Å². The van der Waals surface area contributed by atoms with Gasteiger partial charge in [-0.3, -0.25) is 0 Å². The van der Waals surface area contributed by atoms with Crippen LogP contribution in [0.3, 0.4) is 0 Å². The number of hydrogen-bond donors (Lipinski definition) is 1. The van der Waals surface area contributed by atoms with Crippen LogP contribution in [0.25, 0.3) is 0 Å². The fraction of sp³-hybridized carbons (Fsp3) is 0.182. The van der Waals surface area contributed by atoms with Crippen molar-refractivity contribution < 1.29 is 22.3 Å². The molecule has 5 nitrogen and oxygen atoms in total. The van der Waals surface area contributed by atoms with E-state index < -0.39 is 18.9 Å². The maximum atomic E-state index is 12.6. The van der Waals surface area contributed by atoms with Crippen molar-refractivity contribution in [3.63, 3.8) is 0 Å². The highest BCUT2D eigenvalue weighted by Crippen LogP contribution is 2.17. The van der Waals surface area contributed by atoms with Crippen molar-refractivity contribution in [2.24, 2.45) is 5.10 Å². The number of rotatable bonds is 5. The summed E-state index contributed by atoms with van der Waals surface area (Å²) in [5, 5.41) is 9.33. The summed E-state index contributed by atoms with van der Waals surface area (Å²) >= 11 is 4.77. The van der Waals surface area contributed by atoms with Crippen molar-refractivity contribution in [2.45, 2.75) is 13.0 Å². The molecule has 0 aliphatic rings. The van der Waals surface area contributed by atoms with Gasteiger partial charge in [0.2, 0.25) is 10.6 Å². The molecule has 0 amide bonds. The normalized spacial score (nSPS) is 11.7. The van der Waals surface area contributed by atoms with Gasteiger partial charge in [-0.25, -0.2) is 13.9 Å². The Bertz CT molecular complexity index is 680. The van der Waals surface area contributed by atoms with Crippen LogP contribution in [0.4, 0.5) is 17.6 Å². The SMILES string of the molecule is FC(F)Oc1ccc(C=Nn2c(C(F)F)n[nH]c2=S)cc1. The maximum absolute atomic E-state index is 12.6. The lowest BCUT2D eigenvalue weighted by molar-refractivity contribution is -0.0498. The van der Waals surface area contributed by atoms with E-state index in [-0.39, 0.29) is 10.5 Å². The summed E-state index contributed by atoms with van der Waals surface area (Å²) in [6.07, 6.45) is -1.60. The minimum Gasteiger partial charge on any atom is -0.435 e. The number of nitrogens with zero attached hydrogens (tertiary/aromatic N) is 3. The first kappa shape index (κ1) is 15.2. The number of aromatic nitrogens is 3. The summed E-state index contributed by atoms with van der Waals surface area (Å²) in [7, 11) is 0. The van der Waals surface area contributed by atoms with Crippen molar-refractivity contribution in [1.29, 1.82) is 0 Å². The van der Waals surface area contributed by atoms with Gasteiger partial charge in [-0.05, 0) is 42.0 Å². The zero-order chi connectivity index (χ0) is 15.4. The molecule has 0 saturated heterocycles. The minimum atomic E-state index is -2.91. The fourth-order valence-electron chi connectivity index (χ4n) is 1.42. The van der Waals surface area contributed by atoms with Crippen LogP contribution in [0, 0.1) is 4.77 Å². The topological polar surface area (TPSA) is 55.2 Å². The summed E-state index contributed by atoms with van der Waals surface area (Å²) in [5.74, 6) is -0.635. The van der Waals surface area contributed by atoms with Crippen LogP contribution < -0.4 is 4.74 Å². The summed E-state index contributed by atoms with van der Waals surface area (Å²) in [6.45, 7) is -2.91. The number of nitrogens with one attached hydrogen (secondary N) is 1. The molecule has 112 valence electrons. The molecule has 0 bridgehead atoms. The summed E-state index contributed by atoms with van der Waals surface area (Å²) in [5.41, 5.74) is 0.486. The van der Waals surface area contributed by atoms with Crippen molar-refractivity contribution in [2.75, 3.05) is 0 Å². The Hall–Kier alpha value is -2.23. The molecule has 10 heteroatoms. The van der Waals surface area contributed by atoms with Gasteiger partial charge in [0.15, 0.2) is 0 Å². The first-order valence-corrected chi connectivity index (χ1v) is 5.93. The van der Waals surface area contributed by atoms with Crippen LogP contribution in [0.15, 0.2) is 29.4 Å². The third kappa shape index (κ3) is 3.88. The van der Waals surface area contributed by atoms with E-state index in [0.29, 0.717) is 5.56 Å². The zero-order valence-corrected chi connectivity index (χ0v) is 11.0. The molecule has 1 heterocycles. The van der Waals surface area contributed by atoms with Crippen LogP contribution >= 0.6 is 12.2 Å². The Kier molecular flexibility index (Phi) is 4.68. The van der Waals surface area contributed by atoms with Crippen LogP contribution in [-0.4, -0.2) is 27.7 Å². The molecule has 0 aliphatic heterocycles. The Labute approximate surface area is 120 Å². The molecule has 0 saturated carbocycles. The van der Waals surface area contributed by atoms with Crippen molar-refractivity contribution in [3.05, 3.63) is 40.4 Å². The van der Waals surface area contributed by atoms with Gasteiger partial charge in [0, 0.05) is 0 Å². The maximum Gasteiger partial charge on any atom is 0.387 e. The van der Waals surface area contributed by atoms with E-state index in [9.17, 15) is 17.6 Å². The Morgan fingerprint density at radius 2 is 1.90 bits per heavy atom. The van der Waals surface area contributed by atoms with E-state index in [2.05, 4.69) is 20.0 Å². The van der Waals surface area contributed by atoms with E-state index in [1.807, 2.05) is 0 Å². The standard InChI is InChI=1S/C11H8F4N4OS/c12-8(13)9-17-18-11(21)19(9)16-5-6-1-3-7(4-2-6)20-10(14)15/h1-5,8,10H,(H,18,21). The molecular formula is C11H8F4N4OS. The molecule has 2 aromatic rings. The number of aromatic amines is 1. The fourth-order valence-corrected chi connectivity index (χ4v) is 1.60. The summed E-state index contributed by atoms with van der Waals surface area (Å²) in [6, 6.07) is 5.48. The number of alkyl halides is 4. The first-order valence-electron chi connectivity index (χ1n) is 5.52. The molecule has 1 aromatic heterocycles. The molecule has 0 radical (unpaired) electrons. The van der Waals surface area contributed by atoms with Gasteiger partial charge >= 0.3 is 6.61 Å². The number of ether oxygens (including phenoxy) is 1. The average molecular weight is 320 g/mol. The van der Waals surface area contributed by atoms with E-state index in [1.54, 1.807) is 0 Å². The van der Waals surface area contributed by atoms with Crippen LogP contribution in [0.5, 0.6) is 5.75 Å². The second-order valence-electron chi connectivity index (χ2n) is 3.69. The lowest BCUT2D eigenvalue weighted by atomic mass is 10.2. The van der Waals surface area contributed by atoms with Gasteiger partial charge in [0.1, 0.15) is 5.75 Å². The second-order valence-corrected chi connectivity index (χ2v) is 4.08. The Morgan fingerprint density at radius 3 is 2.48 bits per heavy atom. The molecule has 0 unspecified atom stereocenters. The number of H-pyrrole nitrogens is 1. The summed E-state index contributed by atoms with van der Waals surface area (Å²) in [4.78, 5) is 0. The number of halogens is 4. The van der Waals surface area contributed by atoms with Gasteiger partial charge < -0.3 is 4.74 Å². The molecule has 0 fully saturated rings. The van der Waals surface area contributed by atoms with E-state index >= 15 is 0 Å². The van der Waals surface area contributed by atoms with Crippen molar-refractivity contribution >= 4 is 18.4 Å². The van der Waals surface area contributed by atoms with Crippen LogP contribution in [0.2, 0.25) is 0 Å².